The molecule has 0 spiro atoms. The maximum Gasteiger partial charge on any atom is 0.308 e. The highest BCUT2D eigenvalue weighted by molar-refractivity contribution is 7.12. The van der Waals surface area contributed by atoms with Crippen LogP contribution < -0.4 is 0 Å². The van der Waals surface area contributed by atoms with Crippen molar-refractivity contribution < 1.29 is 9.90 Å². The third-order valence-corrected chi connectivity index (χ3v) is 3.94. The van der Waals surface area contributed by atoms with E-state index in [9.17, 15) is 4.79 Å². The Labute approximate surface area is 116 Å². The van der Waals surface area contributed by atoms with E-state index < -0.39 is 5.97 Å². The third-order valence-electron chi connectivity index (χ3n) is 2.97. The van der Waals surface area contributed by atoms with Gasteiger partial charge in [-0.3, -0.25) is 4.79 Å². The number of aliphatic carboxylic acids is 1. The van der Waals surface area contributed by atoms with Crippen molar-refractivity contribution in [3.05, 3.63) is 39.7 Å². The molecule has 1 N–H and O–H groups in total. The lowest BCUT2D eigenvalue weighted by Gasteiger charge is -2.06. The zero-order valence-corrected chi connectivity index (χ0v) is 12.1. The van der Waals surface area contributed by atoms with E-state index in [-0.39, 0.29) is 6.42 Å². The van der Waals surface area contributed by atoms with Crippen LogP contribution >= 0.6 is 11.3 Å². The molecule has 2 aromatic rings. The molecule has 0 aliphatic rings. The number of carboxylic acid groups (broad SMARTS) is 1. The van der Waals surface area contributed by atoms with Crippen molar-refractivity contribution in [3.63, 3.8) is 0 Å². The smallest absolute Gasteiger partial charge is 0.308 e. The third kappa shape index (κ3) is 3.20. The van der Waals surface area contributed by atoms with Gasteiger partial charge in [-0.1, -0.05) is 38.1 Å². The Morgan fingerprint density at radius 3 is 2.47 bits per heavy atom. The summed E-state index contributed by atoms with van der Waals surface area (Å²) in [6, 6.07) is 8.21. The van der Waals surface area contributed by atoms with Crippen LogP contribution in [-0.2, 0) is 11.2 Å². The van der Waals surface area contributed by atoms with Gasteiger partial charge in [0.1, 0.15) is 0 Å². The van der Waals surface area contributed by atoms with E-state index in [2.05, 4.69) is 31.0 Å². The molecule has 2 rings (SSSR count). The van der Waals surface area contributed by atoms with Gasteiger partial charge in [-0.2, -0.15) is 0 Å². The largest absolute Gasteiger partial charge is 0.481 e. The molecule has 19 heavy (non-hydrogen) atoms. The van der Waals surface area contributed by atoms with Crippen LogP contribution in [0.2, 0.25) is 0 Å². The van der Waals surface area contributed by atoms with Gasteiger partial charge in [-0.15, -0.1) is 11.3 Å². The number of carbonyl (C=O) groups is 1. The van der Waals surface area contributed by atoms with Crippen molar-refractivity contribution in [1.29, 1.82) is 0 Å². The molecular weight excluding hydrogens is 258 g/mol. The quantitative estimate of drug-likeness (QED) is 0.921. The predicted molar refractivity (Wildman–Crippen MR) is 77.7 cm³/mol. The van der Waals surface area contributed by atoms with Gasteiger partial charge >= 0.3 is 5.97 Å². The minimum absolute atomic E-state index is 0.0345. The van der Waals surface area contributed by atoms with Crippen LogP contribution in [0.15, 0.2) is 24.3 Å². The van der Waals surface area contributed by atoms with Gasteiger partial charge in [0.15, 0.2) is 0 Å². The van der Waals surface area contributed by atoms with Crippen LogP contribution in [0.5, 0.6) is 0 Å². The molecule has 0 atom stereocenters. The molecule has 0 saturated heterocycles. The lowest BCUT2D eigenvalue weighted by Crippen LogP contribution is -1.99. The van der Waals surface area contributed by atoms with Crippen molar-refractivity contribution in [2.75, 3.05) is 0 Å². The first kappa shape index (κ1) is 13.7. The molecule has 0 saturated carbocycles. The summed E-state index contributed by atoms with van der Waals surface area (Å²) < 4.78 is 0. The highest BCUT2D eigenvalue weighted by Crippen LogP contribution is 2.29. The molecular formula is C15H17NO2S. The summed E-state index contributed by atoms with van der Waals surface area (Å²) in [5.74, 6) is -0.326. The molecule has 0 fully saturated rings. The second-order valence-electron chi connectivity index (χ2n) is 4.85. The van der Waals surface area contributed by atoms with E-state index in [1.54, 1.807) is 0 Å². The molecule has 4 heteroatoms. The first-order chi connectivity index (χ1) is 8.97. The number of carboxylic acids is 1. The maximum atomic E-state index is 10.9. The highest BCUT2D eigenvalue weighted by atomic mass is 32.1. The fraction of sp³-hybridized carbons (Fsp3) is 0.333. The summed E-state index contributed by atoms with van der Waals surface area (Å²) in [7, 11) is 0. The van der Waals surface area contributed by atoms with Crippen molar-refractivity contribution >= 4 is 17.3 Å². The molecule has 0 unspecified atom stereocenters. The highest BCUT2D eigenvalue weighted by Gasteiger charge is 2.14. The summed E-state index contributed by atoms with van der Waals surface area (Å²) in [6.07, 6.45) is 0.0345. The number of hydrogen-bond acceptors (Lipinski definition) is 3. The van der Waals surface area contributed by atoms with Crippen LogP contribution in [0.4, 0.5) is 0 Å². The van der Waals surface area contributed by atoms with Gasteiger partial charge in [0.05, 0.1) is 17.1 Å². The predicted octanol–water partition coefficient (Wildman–Crippen LogP) is 3.87. The number of thiazole rings is 1. The zero-order chi connectivity index (χ0) is 14.0. The lowest BCUT2D eigenvalue weighted by atomic mass is 10.0. The van der Waals surface area contributed by atoms with Crippen LogP contribution in [0, 0.1) is 6.92 Å². The molecule has 1 aromatic heterocycles. The monoisotopic (exact) mass is 275 g/mol. The Morgan fingerprint density at radius 2 is 1.95 bits per heavy atom. The summed E-state index contributed by atoms with van der Waals surface area (Å²) in [5, 5.41) is 9.85. The van der Waals surface area contributed by atoms with E-state index in [0.29, 0.717) is 5.92 Å². The summed E-state index contributed by atoms with van der Waals surface area (Å²) in [5.41, 5.74) is 3.07. The van der Waals surface area contributed by atoms with Gasteiger partial charge in [-0.05, 0) is 18.4 Å². The average molecular weight is 275 g/mol. The van der Waals surface area contributed by atoms with E-state index in [4.69, 9.17) is 5.11 Å². The Kier molecular flexibility index (Phi) is 4.00. The average Bonchev–Trinajstić information content (AvgIpc) is 2.69. The van der Waals surface area contributed by atoms with Gasteiger partial charge in [0, 0.05) is 10.4 Å². The zero-order valence-electron chi connectivity index (χ0n) is 11.3. The number of aromatic nitrogens is 1. The topological polar surface area (TPSA) is 50.2 Å². The van der Waals surface area contributed by atoms with Gasteiger partial charge in [-0.25, -0.2) is 4.98 Å². The molecule has 1 heterocycles. The first-order valence-electron chi connectivity index (χ1n) is 6.26. The molecule has 0 bridgehead atoms. The van der Waals surface area contributed by atoms with Crippen LogP contribution in [0.3, 0.4) is 0 Å². The molecule has 0 radical (unpaired) electrons. The van der Waals surface area contributed by atoms with E-state index in [0.717, 1.165) is 21.1 Å². The molecule has 0 aliphatic heterocycles. The Balaban J connectivity index is 2.38. The minimum Gasteiger partial charge on any atom is -0.481 e. The number of aryl methyl sites for hydroxylation is 1. The fourth-order valence-electron chi connectivity index (χ4n) is 1.98. The second kappa shape index (κ2) is 5.53. The van der Waals surface area contributed by atoms with Gasteiger partial charge in [0.25, 0.3) is 0 Å². The van der Waals surface area contributed by atoms with Gasteiger partial charge in [0.2, 0.25) is 0 Å². The fourth-order valence-corrected chi connectivity index (χ4v) is 2.93. The Morgan fingerprint density at radius 1 is 1.32 bits per heavy atom. The molecule has 0 aliphatic carbocycles. The van der Waals surface area contributed by atoms with Crippen molar-refractivity contribution in [1.82, 2.24) is 4.98 Å². The summed E-state index contributed by atoms with van der Waals surface area (Å²) >= 11 is 1.46. The van der Waals surface area contributed by atoms with E-state index in [1.165, 1.54) is 16.9 Å². The number of rotatable bonds is 4. The number of hydrogen-bond donors (Lipinski definition) is 1. The lowest BCUT2D eigenvalue weighted by molar-refractivity contribution is -0.136. The standard InChI is InChI=1S/C15H17NO2S/c1-9(2)11-4-6-12(7-5-11)15-13(8-14(17)18)19-10(3)16-15/h4-7,9H,8H2,1-3H3,(H,17,18). The van der Waals surface area contributed by atoms with Crippen LogP contribution in [0.25, 0.3) is 11.3 Å². The number of benzene rings is 1. The molecule has 100 valence electrons. The second-order valence-corrected chi connectivity index (χ2v) is 6.14. The molecule has 0 amide bonds. The van der Waals surface area contributed by atoms with Crippen molar-refractivity contribution in [2.24, 2.45) is 0 Å². The minimum atomic E-state index is -0.816. The molecule has 3 nitrogen and oxygen atoms in total. The van der Waals surface area contributed by atoms with Crippen molar-refractivity contribution in [2.45, 2.75) is 33.1 Å². The normalized spacial score (nSPS) is 10.9. The van der Waals surface area contributed by atoms with Crippen molar-refractivity contribution in [3.8, 4) is 11.3 Å². The summed E-state index contributed by atoms with van der Waals surface area (Å²) in [6.45, 7) is 6.21. The van der Waals surface area contributed by atoms with Crippen LogP contribution in [-0.4, -0.2) is 16.1 Å². The van der Waals surface area contributed by atoms with E-state index >= 15 is 0 Å². The van der Waals surface area contributed by atoms with Crippen LogP contribution in [0.1, 0.15) is 35.2 Å². The summed E-state index contributed by atoms with van der Waals surface area (Å²) in [4.78, 5) is 16.2. The molecule has 1 aromatic carbocycles. The Hall–Kier alpha value is -1.68. The Bertz CT molecular complexity index is 585. The van der Waals surface area contributed by atoms with Gasteiger partial charge < -0.3 is 5.11 Å². The SMILES string of the molecule is Cc1nc(-c2ccc(C(C)C)cc2)c(CC(=O)O)s1. The number of nitrogens with zero attached hydrogens (tertiary/aromatic N) is 1. The van der Waals surface area contributed by atoms with E-state index in [1.807, 2.05) is 19.1 Å². The first-order valence-corrected chi connectivity index (χ1v) is 7.07. The maximum absolute atomic E-state index is 10.9.